The number of rotatable bonds is 7. The molecule has 13 nitrogen and oxygen atoms in total. The third-order valence-corrected chi connectivity index (χ3v) is 1.59. The summed E-state index contributed by atoms with van der Waals surface area (Å²) in [4.78, 5) is 48.4. The van der Waals surface area contributed by atoms with Crippen molar-refractivity contribution in [3.63, 3.8) is 0 Å². The molecule has 0 aliphatic carbocycles. The monoisotopic (exact) mass is 386 g/mol. The molecule has 0 aromatic carbocycles. The second-order valence-corrected chi connectivity index (χ2v) is 3.59. The van der Waals surface area contributed by atoms with Gasteiger partial charge in [-0.05, 0) is 0 Å². The summed E-state index contributed by atoms with van der Waals surface area (Å²) in [5.74, 6) is -8.17. The smallest absolute Gasteiger partial charge is 0.550 e. The van der Waals surface area contributed by atoms with Crippen molar-refractivity contribution >= 4 is 76.0 Å². The van der Waals surface area contributed by atoms with Gasteiger partial charge in [0.2, 0.25) is 0 Å². The van der Waals surface area contributed by atoms with Gasteiger partial charge in [-0.25, -0.2) is 0 Å². The van der Waals surface area contributed by atoms with Crippen molar-refractivity contribution < 1.29 is 54.6 Å². The number of carbonyl (C=O) groups excluding carboxylic acids is 4. The van der Waals surface area contributed by atoms with E-state index in [0.717, 1.165) is 0 Å². The minimum atomic E-state index is -2.97. The van der Waals surface area contributed by atoms with Gasteiger partial charge >= 0.3 is 52.1 Å². The molecule has 0 aromatic rings. The van der Waals surface area contributed by atoms with E-state index >= 15 is 0 Å². The van der Waals surface area contributed by atoms with Gasteiger partial charge in [0.15, 0.2) is 0 Å². The number of hydrogen-bond acceptors (Lipinski definition) is 12. The average Bonchev–Trinajstić information content (AvgIpc) is 2.37. The molecule has 0 aliphatic heterocycles. The largest absolute Gasteiger partial charge is 2.00 e. The molecule has 0 saturated heterocycles. The quantitative estimate of drug-likeness (QED) is 0.296. The van der Waals surface area contributed by atoms with Crippen LogP contribution in [-0.2, 0) is 24.0 Å². The van der Waals surface area contributed by atoms with E-state index in [1.807, 2.05) is 0 Å². The van der Waals surface area contributed by atoms with Gasteiger partial charge in [-0.3, -0.25) is 4.79 Å². The van der Waals surface area contributed by atoms with Crippen LogP contribution in [0.4, 0.5) is 0 Å². The standard InChI is InChI=1S/C6H8O7.2C2H5NO2.2Mg/c7-3(8)1-6(13,5(11)12)2-4(9)10;2*3-1-2(4)5;;/h13H,1-2H2,(H,7,8)(H,9,10)(H,11,12);2*1,3H2,(H,4,5);;/q;;;2*+2/p-4. The molecule has 0 fully saturated rings. The Balaban J connectivity index is -0.0000000933. The number of aliphatic hydroxyl groups is 1. The number of carboxylic acid groups (broad SMARTS) is 5. The molecule has 0 amide bonds. The first-order valence-corrected chi connectivity index (χ1v) is 5.47. The number of nitrogens with two attached hydrogens (primary N) is 2. The first kappa shape index (κ1) is 35.0. The molecule has 0 radical (unpaired) electrons. The van der Waals surface area contributed by atoms with Crippen LogP contribution in [0.1, 0.15) is 12.8 Å². The van der Waals surface area contributed by atoms with Gasteiger partial charge in [0, 0.05) is 31.3 Å². The molecular formula is C10H14Mg2N2O11. The summed E-state index contributed by atoms with van der Waals surface area (Å²) in [6, 6.07) is 0. The molecule has 0 rings (SSSR count). The van der Waals surface area contributed by atoms with Crippen LogP contribution in [0.5, 0.6) is 0 Å². The maximum absolute atomic E-state index is 10.1. The van der Waals surface area contributed by atoms with Crippen molar-refractivity contribution in [1.82, 2.24) is 0 Å². The van der Waals surface area contributed by atoms with E-state index < -0.39 is 48.3 Å². The molecule has 0 aromatic heterocycles. The van der Waals surface area contributed by atoms with Crippen molar-refractivity contribution in [1.29, 1.82) is 0 Å². The molecular weight excluding hydrogens is 373 g/mol. The zero-order chi connectivity index (χ0) is 19.2. The van der Waals surface area contributed by atoms with Gasteiger partial charge in [-0.15, -0.1) is 0 Å². The summed E-state index contributed by atoms with van der Waals surface area (Å²) in [6.45, 7) is -0.667. The molecule has 0 saturated carbocycles. The number of carbonyl (C=O) groups is 5. The van der Waals surface area contributed by atoms with Crippen molar-refractivity contribution in [3.05, 3.63) is 0 Å². The Morgan fingerprint density at radius 3 is 1.08 bits per heavy atom. The van der Waals surface area contributed by atoms with Crippen LogP contribution in [0.3, 0.4) is 0 Å². The van der Waals surface area contributed by atoms with Crippen molar-refractivity contribution in [2.24, 2.45) is 11.5 Å². The van der Waals surface area contributed by atoms with E-state index in [4.69, 9.17) is 20.1 Å². The molecule has 134 valence electrons. The molecule has 6 N–H and O–H groups in total. The Labute approximate surface area is 173 Å². The molecule has 0 aliphatic rings. The van der Waals surface area contributed by atoms with Crippen molar-refractivity contribution in [2.75, 3.05) is 13.1 Å². The average molecular weight is 387 g/mol. The van der Waals surface area contributed by atoms with Crippen LogP contribution < -0.4 is 31.9 Å². The fraction of sp³-hybridized carbons (Fsp3) is 0.500. The summed E-state index contributed by atoms with van der Waals surface area (Å²) in [6.07, 6.45) is -2.72. The van der Waals surface area contributed by atoms with E-state index in [1.165, 1.54) is 0 Å². The van der Waals surface area contributed by atoms with E-state index in [0.29, 0.717) is 0 Å². The van der Waals surface area contributed by atoms with Gasteiger partial charge in [0.25, 0.3) is 0 Å². The third-order valence-electron chi connectivity index (χ3n) is 1.59. The van der Waals surface area contributed by atoms with Crippen molar-refractivity contribution in [3.8, 4) is 0 Å². The van der Waals surface area contributed by atoms with E-state index in [2.05, 4.69) is 11.5 Å². The SMILES string of the molecule is NCC(=O)O.NCC(=O)[O-].O=C([O-])CC(O)(CC(=O)[O-])C(=O)[O-].[Mg+2].[Mg+2]. The Morgan fingerprint density at radius 2 is 1.00 bits per heavy atom. The molecule has 15 heteroatoms. The molecule has 0 atom stereocenters. The van der Waals surface area contributed by atoms with E-state index in [9.17, 15) is 34.5 Å². The maximum Gasteiger partial charge on any atom is 2.00 e. The normalized spacial score (nSPS) is 8.60. The zero-order valence-electron chi connectivity index (χ0n) is 13.0. The minimum Gasteiger partial charge on any atom is -0.550 e. The van der Waals surface area contributed by atoms with Crippen LogP contribution in [0.25, 0.3) is 0 Å². The van der Waals surface area contributed by atoms with Gasteiger partial charge in [0.05, 0.1) is 18.5 Å². The van der Waals surface area contributed by atoms with Crippen LogP contribution in [0, 0.1) is 0 Å². The van der Waals surface area contributed by atoms with E-state index in [1.54, 1.807) is 0 Å². The van der Waals surface area contributed by atoms with Gasteiger partial charge < -0.3 is 61.3 Å². The fourth-order valence-electron chi connectivity index (χ4n) is 0.684. The van der Waals surface area contributed by atoms with Crippen LogP contribution in [0.2, 0.25) is 0 Å². The Morgan fingerprint density at radius 1 is 0.760 bits per heavy atom. The molecule has 25 heavy (non-hydrogen) atoms. The fourth-order valence-corrected chi connectivity index (χ4v) is 0.684. The predicted molar refractivity (Wildman–Crippen MR) is 71.5 cm³/mol. The third kappa shape index (κ3) is 27.9. The topological polar surface area (TPSA) is 270 Å². The molecule has 0 spiro atoms. The molecule has 0 heterocycles. The number of carboxylic acids is 5. The second-order valence-electron chi connectivity index (χ2n) is 3.59. The van der Waals surface area contributed by atoms with Gasteiger partial charge in [-0.2, -0.15) is 0 Å². The first-order valence-electron chi connectivity index (χ1n) is 5.47. The molecule has 0 unspecified atom stereocenters. The van der Waals surface area contributed by atoms with Gasteiger partial charge in [-0.1, -0.05) is 0 Å². The summed E-state index contributed by atoms with van der Waals surface area (Å²) < 4.78 is 0. The minimum absolute atomic E-state index is 0. The molecule has 0 bridgehead atoms. The summed E-state index contributed by atoms with van der Waals surface area (Å²) >= 11 is 0. The Bertz CT molecular complexity index is 415. The first-order chi connectivity index (χ1) is 10.3. The maximum atomic E-state index is 10.1. The predicted octanol–water partition coefficient (Wildman–Crippen LogP) is -9.29. The van der Waals surface area contributed by atoms with Crippen LogP contribution in [-0.4, -0.2) is 105 Å². The summed E-state index contributed by atoms with van der Waals surface area (Å²) in [7, 11) is 0. The Hall–Kier alpha value is -1.24. The van der Waals surface area contributed by atoms with E-state index in [-0.39, 0.29) is 59.2 Å². The van der Waals surface area contributed by atoms with Crippen molar-refractivity contribution in [2.45, 2.75) is 18.4 Å². The van der Waals surface area contributed by atoms with Gasteiger partial charge in [0.1, 0.15) is 5.60 Å². The summed E-state index contributed by atoms with van der Waals surface area (Å²) in [5, 5.41) is 55.7. The number of hydrogen-bond donors (Lipinski definition) is 4. The number of aliphatic carboxylic acids is 5. The Kier molecular flexibility index (Phi) is 26.7. The van der Waals surface area contributed by atoms with Crippen LogP contribution >= 0.6 is 0 Å². The second kappa shape index (κ2) is 19.1. The summed E-state index contributed by atoms with van der Waals surface area (Å²) in [5.41, 5.74) is 6.11. The zero-order valence-corrected chi connectivity index (χ0v) is 15.8. The van der Waals surface area contributed by atoms with Crippen LogP contribution in [0.15, 0.2) is 0 Å².